The van der Waals surface area contributed by atoms with E-state index in [1.165, 1.54) is 24.0 Å². The van der Waals surface area contributed by atoms with Gasteiger partial charge in [-0.1, -0.05) is 13.0 Å². The van der Waals surface area contributed by atoms with Crippen molar-refractivity contribution in [2.75, 3.05) is 20.3 Å². The molecule has 2 unspecified atom stereocenters. The van der Waals surface area contributed by atoms with Gasteiger partial charge in [-0.2, -0.15) is 0 Å². The normalized spacial score (nSPS) is 19.7. The fourth-order valence-corrected chi connectivity index (χ4v) is 3.08. The number of ether oxygens (including phenoxy) is 2. The average Bonchev–Trinajstić information content (AvgIpc) is 3.01. The van der Waals surface area contributed by atoms with E-state index in [0.29, 0.717) is 12.1 Å². The summed E-state index contributed by atoms with van der Waals surface area (Å²) < 4.78 is 11.1. The highest BCUT2D eigenvalue weighted by molar-refractivity contribution is 5.36. The van der Waals surface area contributed by atoms with Crippen molar-refractivity contribution in [1.82, 2.24) is 5.32 Å². The van der Waals surface area contributed by atoms with Gasteiger partial charge in [0.05, 0.1) is 13.2 Å². The molecule has 0 amide bonds. The first-order valence-electron chi connectivity index (χ1n) is 8.24. The third-order valence-electron chi connectivity index (χ3n) is 4.29. The first-order chi connectivity index (χ1) is 10.2. The van der Waals surface area contributed by atoms with E-state index in [0.717, 1.165) is 38.2 Å². The molecule has 3 nitrogen and oxygen atoms in total. The topological polar surface area (TPSA) is 30.5 Å². The average molecular weight is 291 g/mol. The predicted molar refractivity (Wildman–Crippen MR) is 87.0 cm³/mol. The van der Waals surface area contributed by atoms with Crippen LogP contribution >= 0.6 is 0 Å². The molecule has 1 heterocycles. The number of hydrogen-bond acceptors (Lipinski definition) is 3. The molecular weight excluding hydrogens is 262 g/mol. The van der Waals surface area contributed by atoms with E-state index in [2.05, 4.69) is 37.4 Å². The Kier molecular flexibility index (Phi) is 6.52. The van der Waals surface area contributed by atoms with Crippen LogP contribution in [0.15, 0.2) is 18.2 Å². The summed E-state index contributed by atoms with van der Waals surface area (Å²) in [6.45, 7) is 6.39. The number of nitrogens with one attached hydrogen (secondary N) is 1. The Balaban J connectivity index is 2.03. The van der Waals surface area contributed by atoms with E-state index in [4.69, 9.17) is 9.47 Å². The molecule has 2 atom stereocenters. The number of hydrogen-bond donors (Lipinski definition) is 1. The van der Waals surface area contributed by atoms with Gasteiger partial charge in [-0.3, -0.25) is 0 Å². The molecule has 0 aromatic heterocycles. The van der Waals surface area contributed by atoms with Gasteiger partial charge in [0, 0.05) is 12.6 Å². The second kappa shape index (κ2) is 8.40. The van der Waals surface area contributed by atoms with E-state index in [-0.39, 0.29) is 0 Å². The zero-order chi connectivity index (χ0) is 15.1. The summed E-state index contributed by atoms with van der Waals surface area (Å²) >= 11 is 0. The molecule has 0 bridgehead atoms. The van der Waals surface area contributed by atoms with Gasteiger partial charge >= 0.3 is 0 Å². The van der Waals surface area contributed by atoms with E-state index >= 15 is 0 Å². The summed E-state index contributed by atoms with van der Waals surface area (Å²) in [6, 6.07) is 6.81. The molecule has 1 aliphatic rings. The Hall–Kier alpha value is -1.06. The van der Waals surface area contributed by atoms with Crippen molar-refractivity contribution >= 4 is 0 Å². The summed E-state index contributed by atoms with van der Waals surface area (Å²) in [6.07, 6.45) is 6.35. The molecule has 0 radical (unpaired) electrons. The molecule has 1 N–H and O–H groups in total. The maximum absolute atomic E-state index is 5.76. The minimum absolute atomic E-state index is 0.417. The molecule has 2 rings (SSSR count). The van der Waals surface area contributed by atoms with Crippen molar-refractivity contribution in [3.05, 3.63) is 29.3 Å². The number of rotatable bonds is 8. The number of methoxy groups -OCH3 is 1. The van der Waals surface area contributed by atoms with Crippen LogP contribution in [0.1, 0.15) is 56.2 Å². The van der Waals surface area contributed by atoms with Crippen molar-refractivity contribution in [3.63, 3.8) is 0 Å². The molecule has 1 saturated heterocycles. The lowest BCUT2D eigenvalue weighted by atomic mass is 9.95. The SMILES string of the molecule is CCCNC(CCC1CCCO1)c1ccc(OC)cc1C. The van der Waals surface area contributed by atoms with E-state index in [1.54, 1.807) is 7.11 Å². The first-order valence-corrected chi connectivity index (χ1v) is 8.24. The van der Waals surface area contributed by atoms with E-state index in [9.17, 15) is 0 Å². The Morgan fingerprint density at radius 2 is 2.29 bits per heavy atom. The minimum atomic E-state index is 0.417. The van der Waals surface area contributed by atoms with Crippen LogP contribution in [-0.4, -0.2) is 26.4 Å². The van der Waals surface area contributed by atoms with Crippen LogP contribution in [0.4, 0.5) is 0 Å². The summed E-state index contributed by atoms with van der Waals surface area (Å²) in [4.78, 5) is 0. The van der Waals surface area contributed by atoms with Crippen LogP contribution in [0.5, 0.6) is 5.75 Å². The summed E-state index contributed by atoms with van der Waals surface area (Å²) in [5, 5.41) is 3.69. The molecule has 21 heavy (non-hydrogen) atoms. The van der Waals surface area contributed by atoms with Crippen LogP contribution < -0.4 is 10.1 Å². The molecule has 1 aromatic carbocycles. The predicted octanol–water partition coefficient (Wildman–Crippen LogP) is 4.00. The third kappa shape index (κ3) is 4.72. The minimum Gasteiger partial charge on any atom is -0.497 e. The van der Waals surface area contributed by atoms with Crippen molar-refractivity contribution in [2.45, 2.75) is 58.1 Å². The summed E-state index contributed by atoms with van der Waals surface area (Å²) in [7, 11) is 1.72. The second-order valence-corrected chi connectivity index (χ2v) is 5.94. The van der Waals surface area contributed by atoms with Crippen molar-refractivity contribution < 1.29 is 9.47 Å². The van der Waals surface area contributed by atoms with Gasteiger partial charge in [-0.25, -0.2) is 0 Å². The van der Waals surface area contributed by atoms with Gasteiger partial charge in [-0.15, -0.1) is 0 Å². The van der Waals surface area contributed by atoms with Crippen molar-refractivity contribution in [2.24, 2.45) is 0 Å². The lowest BCUT2D eigenvalue weighted by Crippen LogP contribution is -2.24. The zero-order valence-corrected chi connectivity index (χ0v) is 13.7. The molecule has 3 heteroatoms. The van der Waals surface area contributed by atoms with Crippen molar-refractivity contribution in [1.29, 1.82) is 0 Å². The van der Waals surface area contributed by atoms with Gasteiger partial charge < -0.3 is 14.8 Å². The maximum Gasteiger partial charge on any atom is 0.119 e. The molecule has 118 valence electrons. The number of aryl methyl sites for hydroxylation is 1. The van der Waals surface area contributed by atoms with Gasteiger partial charge in [0.1, 0.15) is 5.75 Å². The maximum atomic E-state index is 5.76. The molecule has 0 spiro atoms. The lowest BCUT2D eigenvalue weighted by molar-refractivity contribution is 0.0995. The van der Waals surface area contributed by atoms with Gasteiger partial charge in [-0.05, 0) is 68.8 Å². The van der Waals surface area contributed by atoms with Crippen LogP contribution in [0.3, 0.4) is 0 Å². The van der Waals surface area contributed by atoms with Crippen LogP contribution in [0.2, 0.25) is 0 Å². The zero-order valence-electron chi connectivity index (χ0n) is 13.7. The summed E-state index contributed by atoms with van der Waals surface area (Å²) in [5.74, 6) is 0.935. The smallest absolute Gasteiger partial charge is 0.119 e. The second-order valence-electron chi connectivity index (χ2n) is 5.94. The molecule has 1 fully saturated rings. The van der Waals surface area contributed by atoms with E-state index < -0.39 is 0 Å². The van der Waals surface area contributed by atoms with E-state index in [1.807, 2.05) is 0 Å². The van der Waals surface area contributed by atoms with Gasteiger partial charge in [0.15, 0.2) is 0 Å². The molecular formula is C18H29NO2. The molecule has 0 saturated carbocycles. The summed E-state index contributed by atoms with van der Waals surface area (Å²) in [5.41, 5.74) is 2.69. The highest BCUT2D eigenvalue weighted by atomic mass is 16.5. The molecule has 0 aliphatic carbocycles. The monoisotopic (exact) mass is 291 g/mol. The quantitative estimate of drug-likeness (QED) is 0.785. The largest absolute Gasteiger partial charge is 0.497 e. The Morgan fingerprint density at radius 3 is 2.90 bits per heavy atom. The Labute approximate surface area is 129 Å². The van der Waals surface area contributed by atoms with Gasteiger partial charge in [0.25, 0.3) is 0 Å². The molecule has 1 aromatic rings. The Bertz CT molecular complexity index is 427. The Morgan fingerprint density at radius 1 is 1.43 bits per heavy atom. The standard InChI is InChI=1S/C18H29NO2/c1-4-11-19-18(10-8-15-6-5-12-21-15)17-9-7-16(20-3)13-14(17)2/h7,9,13,15,18-19H,4-6,8,10-12H2,1-3H3. The highest BCUT2D eigenvalue weighted by Gasteiger charge is 2.19. The fourth-order valence-electron chi connectivity index (χ4n) is 3.08. The molecule has 1 aliphatic heterocycles. The lowest BCUT2D eigenvalue weighted by Gasteiger charge is -2.22. The van der Waals surface area contributed by atoms with Crippen LogP contribution in [-0.2, 0) is 4.74 Å². The number of benzene rings is 1. The van der Waals surface area contributed by atoms with Crippen LogP contribution in [0.25, 0.3) is 0 Å². The highest BCUT2D eigenvalue weighted by Crippen LogP contribution is 2.28. The van der Waals surface area contributed by atoms with Gasteiger partial charge in [0.2, 0.25) is 0 Å². The van der Waals surface area contributed by atoms with Crippen LogP contribution in [0, 0.1) is 6.92 Å². The third-order valence-corrected chi connectivity index (χ3v) is 4.29. The fraction of sp³-hybridized carbons (Fsp3) is 0.667. The first kappa shape index (κ1) is 16.3. The van der Waals surface area contributed by atoms with Crippen molar-refractivity contribution in [3.8, 4) is 5.75 Å².